The molecule has 1 aromatic carbocycles. The molecule has 1 aliphatic heterocycles. The van der Waals surface area contributed by atoms with Gasteiger partial charge in [0.05, 0.1) is 5.60 Å². The smallest absolute Gasteiger partial charge is 0.119 e. The summed E-state index contributed by atoms with van der Waals surface area (Å²) in [7, 11) is 0. The van der Waals surface area contributed by atoms with Crippen LogP contribution >= 0.6 is 0 Å². The number of hydrogen-bond donors (Lipinski definition) is 3. The van der Waals surface area contributed by atoms with Crippen LogP contribution in [0.2, 0.25) is 0 Å². The lowest BCUT2D eigenvalue weighted by atomic mass is 9.98. The molecular formula is C16H26N2O3. The summed E-state index contributed by atoms with van der Waals surface area (Å²) >= 11 is 0. The second-order valence-corrected chi connectivity index (χ2v) is 6.18. The zero-order chi connectivity index (χ0) is 15.3. The van der Waals surface area contributed by atoms with Crippen molar-refractivity contribution in [2.75, 3.05) is 32.0 Å². The highest BCUT2D eigenvalue weighted by Gasteiger charge is 2.25. The molecule has 21 heavy (non-hydrogen) atoms. The fourth-order valence-corrected chi connectivity index (χ4v) is 2.61. The Morgan fingerprint density at radius 2 is 2.00 bits per heavy atom. The van der Waals surface area contributed by atoms with E-state index in [1.807, 2.05) is 6.92 Å². The molecule has 1 aromatic rings. The van der Waals surface area contributed by atoms with Crippen molar-refractivity contribution in [1.29, 1.82) is 0 Å². The van der Waals surface area contributed by atoms with Gasteiger partial charge in [-0.3, -0.25) is 0 Å². The van der Waals surface area contributed by atoms with Crippen LogP contribution in [0.15, 0.2) is 24.3 Å². The van der Waals surface area contributed by atoms with Gasteiger partial charge in [-0.1, -0.05) is 0 Å². The normalized spacial score (nSPS) is 25.3. The number of hydrogen-bond acceptors (Lipinski definition) is 5. The molecule has 0 spiro atoms. The maximum Gasteiger partial charge on any atom is 0.119 e. The number of rotatable bonds is 5. The van der Waals surface area contributed by atoms with Crippen LogP contribution in [0, 0.1) is 0 Å². The van der Waals surface area contributed by atoms with Crippen LogP contribution in [0.25, 0.3) is 0 Å². The lowest BCUT2D eigenvalue weighted by Crippen LogP contribution is -2.37. The van der Waals surface area contributed by atoms with Gasteiger partial charge in [-0.05, 0) is 57.0 Å². The fraction of sp³-hybridized carbons (Fsp3) is 0.625. The van der Waals surface area contributed by atoms with Crippen molar-refractivity contribution >= 4 is 5.69 Å². The minimum absolute atomic E-state index is 0.261. The van der Waals surface area contributed by atoms with Gasteiger partial charge < -0.3 is 25.6 Å². The van der Waals surface area contributed by atoms with Crippen LogP contribution in [-0.4, -0.2) is 53.1 Å². The largest absolute Gasteiger partial charge is 0.491 e. The number of benzene rings is 1. The molecule has 2 unspecified atom stereocenters. The van der Waals surface area contributed by atoms with E-state index in [2.05, 4.69) is 4.90 Å². The monoisotopic (exact) mass is 294 g/mol. The summed E-state index contributed by atoms with van der Waals surface area (Å²) in [5.41, 5.74) is 5.74. The zero-order valence-corrected chi connectivity index (χ0v) is 12.7. The maximum atomic E-state index is 10.1. The molecule has 5 heteroatoms. The van der Waals surface area contributed by atoms with E-state index in [1.165, 1.54) is 0 Å². The minimum Gasteiger partial charge on any atom is -0.491 e. The summed E-state index contributed by atoms with van der Waals surface area (Å²) in [6.07, 6.45) is 1.99. The Labute approximate surface area is 126 Å². The van der Waals surface area contributed by atoms with Gasteiger partial charge in [-0.25, -0.2) is 0 Å². The number of β-amino-alcohol motifs (C(OH)–C–C–N with tert-alkyl or cyclic N) is 1. The van der Waals surface area contributed by atoms with Crippen molar-refractivity contribution in [2.45, 2.75) is 37.9 Å². The molecule has 1 fully saturated rings. The Kier molecular flexibility index (Phi) is 5.45. The Morgan fingerprint density at radius 3 is 2.71 bits per heavy atom. The van der Waals surface area contributed by atoms with Gasteiger partial charge in [0.15, 0.2) is 0 Å². The van der Waals surface area contributed by atoms with Crippen molar-refractivity contribution in [2.24, 2.45) is 0 Å². The Balaban J connectivity index is 1.74. The van der Waals surface area contributed by atoms with Crippen LogP contribution in [0.1, 0.15) is 26.2 Å². The van der Waals surface area contributed by atoms with E-state index in [-0.39, 0.29) is 6.61 Å². The van der Waals surface area contributed by atoms with E-state index in [9.17, 15) is 10.2 Å². The van der Waals surface area contributed by atoms with Gasteiger partial charge in [0.1, 0.15) is 18.5 Å². The third-order valence-corrected chi connectivity index (χ3v) is 3.95. The number of aliphatic hydroxyl groups is 2. The molecule has 0 bridgehead atoms. The molecule has 0 amide bonds. The highest BCUT2D eigenvalue weighted by Crippen LogP contribution is 2.21. The number of likely N-dealkylation sites (tertiary alicyclic amines) is 1. The van der Waals surface area contributed by atoms with Gasteiger partial charge >= 0.3 is 0 Å². The number of nitrogens with zero attached hydrogens (tertiary/aromatic N) is 1. The highest BCUT2D eigenvalue weighted by atomic mass is 16.5. The fourth-order valence-electron chi connectivity index (χ4n) is 2.61. The predicted molar refractivity (Wildman–Crippen MR) is 83.3 cm³/mol. The van der Waals surface area contributed by atoms with Crippen molar-refractivity contribution < 1.29 is 14.9 Å². The summed E-state index contributed by atoms with van der Waals surface area (Å²) in [6.45, 7) is 4.44. The van der Waals surface area contributed by atoms with E-state index in [4.69, 9.17) is 10.5 Å². The van der Waals surface area contributed by atoms with Crippen LogP contribution in [0.4, 0.5) is 5.69 Å². The molecule has 0 saturated carbocycles. The SMILES string of the molecule is CC1(O)CCCN(CC(O)COc2ccc(N)cc2)CC1. The Hall–Kier alpha value is -1.30. The van der Waals surface area contributed by atoms with E-state index >= 15 is 0 Å². The molecule has 118 valence electrons. The topological polar surface area (TPSA) is 79.0 Å². The highest BCUT2D eigenvalue weighted by molar-refractivity contribution is 5.41. The van der Waals surface area contributed by atoms with Gasteiger partial charge in [0.2, 0.25) is 0 Å². The lowest BCUT2D eigenvalue weighted by Gasteiger charge is -2.24. The predicted octanol–water partition coefficient (Wildman–Crippen LogP) is 1.25. The van der Waals surface area contributed by atoms with E-state index in [1.54, 1.807) is 24.3 Å². The van der Waals surface area contributed by atoms with E-state index in [0.717, 1.165) is 32.4 Å². The number of aliphatic hydroxyl groups excluding tert-OH is 1. The number of ether oxygens (including phenoxy) is 1. The summed E-state index contributed by atoms with van der Waals surface area (Å²) in [5, 5.41) is 20.1. The molecule has 2 atom stereocenters. The van der Waals surface area contributed by atoms with Crippen LogP contribution < -0.4 is 10.5 Å². The molecule has 0 aliphatic carbocycles. The van der Waals surface area contributed by atoms with Crippen LogP contribution in [0.5, 0.6) is 5.75 Å². The first kappa shape index (κ1) is 16.1. The van der Waals surface area contributed by atoms with Crippen molar-refractivity contribution in [1.82, 2.24) is 4.90 Å². The van der Waals surface area contributed by atoms with Gasteiger partial charge in [-0.15, -0.1) is 0 Å². The first-order chi connectivity index (χ1) is 9.94. The minimum atomic E-state index is -0.569. The van der Waals surface area contributed by atoms with Crippen molar-refractivity contribution in [3.05, 3.63) is 24.3 Å². The summed E-state index contributed by atoms with van der Waals surface area (Å²) in [6, 6.07) is 7.15. The van der Waals surface area contributed by atoms with Crippen molar-refractivity contribution in [3.63, 3.8) is 0 Å². The third kappa shape index (κ3) is 5.53. The Morgan fingerprint density at radius 1 is 1.29 bits per heavy atom. The molecule has 0 aromatic heterocycles. The second kappa shape index (κ2) is 7.11. The van der Waals surface area contributed by atoms with E-state index in [0.29, 0.717) is 18.0 Å². The average molecular weight is 294 g/mol. The van der Waals surface area contributed by atoms with Gasteiger partial charge in [-0.2, -0.15) is 0 Å². The molecule has 0 radical (unpaired) electrons. The quantitative estimate of drug-likeness (QED) is 0.712. The molecule has 4 N–H and O–H groups in total. The molecule has 5 nitrogen and oxygen atoms in total. The van der Waals surface area contributed by atoms with Crippen LogP contribution in [0.3, 0.4) is 0 Å². The molecule has 1 saturated heterocycles. The molecule has 2 rings (SSSR count). The first-order valence-corrected chi connectivity index (χ1v) is 7.56. The number of anilines is 1. The van der Waals surface area contributed by atoms with Gasteiger partial charge in [0, 0.05) is 18.8 Å². The molecule has 1 heterocycles. The summed E-state index contributed by atoms with van der Waals surface area (Å²) < 4.78 is 5.55. The molecule has 1 aliphatic rings. The van der Waals surface area contributed by atoms with Crippen LogP contribution in [-0.2, 0) is 0 Å². The maximum absolute atomic E-state index is 10.1. The zero-order valence-electron chi connectivity index (χ0n) is 12.7. The lowest BCUT2D eigenvalue weighted by molar-refractivity contribution is 0.0388. The summed E-state index contributed by atoms with van der Waals surface area (Å²) in [4.78, 5) is 2.19. The second-order valence-electron chi connectivity index (χ2n) is 6.18. The molecular weight excluding hydrogens is 268 g/mol. The number of nitrogen functional groups attached to an aromatic ring is 1. The Bertz CT molecular complexity index is 434. The third-order valence-electron chi connectivity index (χ3n) is 3.95. The first-order valence-electron chi connectivity index (χ1n) is 7.56. The standard InChI is InChI=1S/C16H26N2O3/c1-16(20)7-2-9-18(10-8-16)11-14(19)12-21-15-5-3-13(17)4-6-15/h3-6,14,19-20H,2,7-12,17H2,1H3. The average Bonchev–Trinajstić information content (AvgIpc) is 2.60. The number of nitrogens with two attached hydrogens (primary N) is 1. The van der Waals surface area contributed by atoms with Gasteiger partial charge in [0.25, 0.3) is 0 Å². The van der Waals surface area contributed by atoms with Crippen molar-refractivity contribution in [3.8, 4) is 5.75 Å². The summed E-state index contributed by atoms with van der Waals surface area (Å²) in [5.74, 6) is 0.710. The van der Waals surface area contributed by atoms with E-state index < -0.39 is 11.7 Å².